The highest BCUT2D eigenvalue weighted by Gasteiger charge is 2.39. The van der Waals surface area contributed by atoms with E-state index >= 15 is 0 Å². The first-order valence-electron chi connectivity index (χ1n) is 6.76. The van der Waals surface area contributed by atoms with E-state index in [0.717, 1.165) is 19.4 Å². The largest absolute Gasteiger partial charge is 0.311 e. The average Bonchev–Trinajstić information content (AvgIpc) is 2.98. The Morgan fingerprint density at radius 3 is 2.74 bits per heavy atom. The minimum absolute atomic E-state index is 0.0938. The van der Waals surface area contributed by atoms with Crippen molar-refractivity contribution in [3.8, 4) is 0 Å². The SMILES string of the molecule is CCNCc1n[nH]c(C)c1S(=O)(=O)NC1CC1CC. The minimum Gasteiger partial charge on any atom is -0.311 e. The maximum absolute atomic E-state index is 12.4. The Labute approximate surface area is 114 Å². The van der Waals surface area contributed by atoms with Gasteiger partial charge in [-0.15, -0.1) is 0 Å². The van der Waals surface area contributed by atoms with Crippen LogP contribution < -0.4 is 10.0 Å². The van der Waals surface area contributed by atoms with Crippen molar-refractivity contribution < 1.29 is 8.42 Å². The van der Waals surface area contributed by atoms with Gasteiger partial charge in [-0.3, -0.25) is 5.10 Å². The lowest BCUT2D eigenvalue weighted by Crippen LogP contribution is -2.28. The van der Waals surface area contributed by atoms with Crippen LogP contribution in [-0.2, 0) is 16.6 Å². The highest BCUT2D eigenvalue weighted by Crippen LogP contribution is 2.34. The average molecular weight is 286 g/mol. The van der Waals surface area contributed by atoms with Crippen LogP contribution in [0.5, 0.6) is 0 Å². The molecule has 1 aliphatic carbocycles. The number of hydrogen-bond acceptors (Lipinski definition) is 4. The van der Waals surface area contributed by atoms with Crippen LogP contribution in [-0.4, -0.2) is 31.2 Å². The molecule has 0 radical (unpaired) electrons. The molecule has 1 aliphatic rings. The van der Waals surface area contributed by atoms with Gasteiger partial charge in [-0.05, 0) is 25.8 Å². The normalized spacial score (nSPS) is 22.7. The summed E-state index contributed by atoms with van der Waals surface area (Å²) in [7, 11) is -3.47. The van der Waals surface area contributed by atoms with Crippen LogP contribution in [0.4, 0.5) is 0 Å². The lowest BCUT2D eigenvalue weighted by molar-refractivity contribution is 0.572. The van der Waals surface area contributed by atoms with Crippen LogP contribution in [0, 0.1) is 12.8 Å². The predicted molar refractivity (Wildman–Crippen MR) is 73.2 cm³/mol. The highest BCUT2D eigenvalue weighted by atomic mass is 32.2. The molecule has 1 heterocycles. The Bertz CT molecular complexity index is 538. The maximum Gasteiger partial charge on any atom is 0.244 e. The monoisotopic (exact) mass is 286 g/mol. The first-order valence-corrected chi connectivity index (χ1v) is 8.24. The van der Waals surface area contributed by atoms with Crippen molar-refractivity contribution in [3.63, 3.8) is 0 Å². The molecule has 1 aromatic heterocycles. The van der Waals surface area contributed by atoms with Crippen molar-refractivity contribution in [1.82, 2.24) is 20.2 Å². The second kappa shape index (κ2) is 5.60. The second-order valence-electron chi connectivity index (χ2n) is 5.04. The first-order chi connectivity index (χ1) is 8.99. The topological polar surface area (TPSA) is 86.9 Å². The van der Waals surface area contributed by atoms with Crippen molar-refractivity contribution in [2.24, 2.45) is 5.92 Å². The zero-order valence-corrected chi connectivity index (χ0v) is 12.5. The van der Waals surface area contributed by atoms with E-state index in [2.05, 4.69) is 27.2 Å². The van der Waals surface area contributed by atoms with Gasteiger partial charge in [0.1, 0.15) is 4.90 Å². The Balaban J connectivity index is 2.17. The molecule has 108 valence electrons. The fourth-order valence-corrected chi connectivity index (χ4v) is 3.97. The summed E-state index contributed by atoms with van der Waals surface area (Å²) in [5, 5.41) is 9.95. The first kappa shape index (κ1) is 14.5. The number of nitrogens with one attached hydrogen (secondary N) is 3. The zero-order chi connectivity index (χ0) is 14.0. The van der Waals surface area contributed by atoms with Gasteiger partial charge in [-0.1, -0.05) is 20.3 Å². The van der Waals surface area contributed by atoms with Gasteiger partial charge in [-0.25, -0.2) is 13.1 Å². The molecular formula is C12H22N4O2S. The Kier molecular flexibility index (Phi) is 4.27. The van der Waals surface area contributed by atoms with Crippen molar-refractivity contribution in [3.05, 3.63) is 11.4 Å². The Morgan fingerprint density at radius 1 is 1.42 bits per heavy atom. The van der Waals surface area contributed by atoms with Crippen LogP contribution >= 0.6 is 0 Å². The van der Waals surface area contributed by atoms with Crippen molar-refractivity contribution in [1.29, 1.82) is 0 Å². The molecule has 2 unspecified atom stereocenters. The van der Waals surface area contributed by atoms with Crippen molar-refractivity contribution in [2.75, 3.05) is 6.54 Å². The predicted octanol–water partition coefficient (Wildman–Crippen LogP) is 0.904. The van der Waals surface area contributed by atoms with Gasteiger partial charge in [0.2, 0.25) is 10.0 Å². The third-order valence-corrected chi connectivity index (χ3v) is 5.22. The fraction of sp³-hybridized carbons (Fsp3) is 0.750. The van der Waals surface area contributed by atoms with Gasteiger partial charge in [0.25, 0.3) is 0 Å². The molecule has 0 spiro atoms. The van der Waals surface area contributed by atoms with Gasteiger partial charge < -0.3 is 5.32 Å². The molecule has 6 nitrogen and oxygen atoms in total. The van der Waals surface area contributed by atoms with E-state index in [9.17, 15) is 8.42 Å². The van der Waals surface area contributed by atoms with E-state index in [1.807, 2.05) is 6.92 Å². The van der Waals surface area contributed by atoms with Gasteiger partial charge in [-0.2, -0.15) is 5.10 Å². The summed E-state index contributed by atoms with van der Waals surface area (Å²) in [4.78, 5) is 0.301. The Morgan fingerprint density at radius 2 is 2.16 bits per heavy atom. The third kappa shape index (κ3) is 3.16. The summed E-state index contributed by atoms with van der Waals surface area (Å²) >= 11 is 0. The van der Waals surface area contributed by atoms with E-state index in [4.69, 9.17) is 0 Å². The molecule has 0 aliphatic heterocycles. The minimum atomic E-state index is -3.47. The van der Waals surface area contributed by atoms with Crippen LogP contribution in [0.15, 0.2) is 4.90 Å². The molecule has 0 saturated heterocycles. The molecule has 1 aromatic rings. The van der Waals surface area contributed by atoms with E-state index in [0.29, 0.717) is 28.7 Å². The number of hydrogen-bond donors (Lipinski definition) is 3. The molecule has 1 fully saturated rings. The summed E-state index contributed by atoms with van der Waals surface area (Å²) in [5.41, 5.74) is 1.15. The Hall–Kier alpha value is -0.920. The summed E-state index contributed by atoms with van der Waals surface area (Å²) in [6.45, 7) is 7.03. The molecule has 3 N–H and O–H groups in total. The molecule has 19 heavy (non-hydrogen) atoms. The molecule has 0 amide bonds. The van der Waals surface area contributed by atoms with E-state index in [1.54, 1.807) is 6.92 Å². The maximum atomic E-state index is 12.4. The molecule has 0 bridgehead atoms. The highest BCUT2D eigenvalue weighted by molar-refractivity contribution is 7.89. The molecule has 1 saturated carbocycles. The number of rotatable bonds is 7. The van der Waals surface area contributed by atoms with Crippen molar-refractivity contribution >= 4 is 10.0 Å². The smallest absolute Gasteiger partial charge is 0.244 e. The quantitative estimate of drug-likeness (QED) is 0.695. The molecule has 7 heteroatoms. The molecule has 2 rings (SSSR count). The second-order valence-corrected chi connectivity index (χ2v) is 6.69. The van der Waals surface area contributed by atoms with E-state index in [1.165, 1.54) is 0 Å². The van der Waals surface area contributed by atoms with Crippen LogP contribution in [0.1, 0.15) is 38.1 Å². The molecule has 2 atom stereocenters. The van der Waals surface area contributed by atoms with Gasteiger partial charge in [0.05, 0.1) is 11.4 Å². The lowest BCUT2D eigenvalue weighted by Gasteiger charge is -2.08. The van der Waals surface area contributed by atoms with Crippen LogP contribution in [0.2, 0.25) is 0 Å². The van der Waals surface area contributed by atoms with Crippen LogP contribution in [0.3, 0.4) is 0 Å². The van der Waals surface area contributed by atoms with Gasteiger partial charge in [0.15, 0.2) is 0 Å². The number of aromatic amines is 1. The van der Waals surface area contributed by atoms with E-state index < -0.39 is 10.0 Å². The summed E-state index contributed by atoms with van der Waals surface area (Å²) < 4.78 is 27.6. The summed E-state index contributed by atoms with van der Waals surface area (Å²) in [6, 6.07) is 0.0938. The third-order valence-electron chi connectivity index (χ3n) is 3.53. The number of aromatic nitrogens is 2. The standard InChI is InChI=1S/C12H22N4O2S/c1-4-9-6-10(9)16-19(17,18)12-8(3)14-15-11(12)7-13-5-2/h9-10,13,16H,4-7H2,1-3H3,(H,14,15). The zero-order valence-electron chi connectivity index (χ0n) is 11.7. The summed E-state index contributed by atoms with van der Waals surface area (Å²) in [6.07, 6.45) is 1.96. The van der Waals surface area contributed by atoms with Crippen molar-refractivity contribution in [2.45, 2.75) is 51.1 Å². The number of aryl methyl sites for hydroxylation is 1. The number of sulfonamides is 1. The fourth-order valence-electron chi connectivity index (χ4n) is 2.29. The summed E-state index contributed by atoms with van der Waals surface area (Å²) in [5.74, 6) is 0.485. The lowest BCUT2D eigenvalue weighted by atomic mass is 10.3. The van der Waals surface area contributed by atoms with Gasteiger partial charge >= 0.3 is 0 Å². The van der Waals surface area contributed by atoms with E-state index in [-0.39, 0.29) is 6.04 Å². The number of H-pyrrole nitrogens is 1. The van der Waals surface area contributed by atoms with Gasteiger partial charge in [0, 0.05) is 12.6 Å². The van der Waals surface area contributed by atoms with Crippen LogP contribution in [0.25, 0.3) is 0 Å². The number of nitrogens with zero attached hydrogens (tertiary/aromatic N) is 1. The molecular weight excluding hydrogens is 264 g/mol. The molecule has 0 aromatic carbocycles.